The van der Waals surface area contributed by atoms with Crippen molar-refractivity contribution in [2.24, 2.45) is 0 Å². The summed E-state index contributed by atoms with van der Waals surface area (Å²) in [5.41, 5.74) is 1.43. The summed E-state index contributed by atoms with van der Waals surface area (Å²) in [6, 6.07) is 8.89. The topological polar surface area (TPSA) is 40.5 Å². The Hall–Kier alpha value is -1.92. The molecule has 4 nitrogen and oxygen atoms in total. The lowest BCUT2D eigenvalue weighted by molar-refractivity contribution is -0.0504. The van der Waals surface area contributed by atoms with E-state index in [4.69, 9.17) is 21.8 Å². The van der Waals surface area contributed by atoms with Crippen molar-refractivity contribution in [2.45, 2.75) is 32.5 Å². The Bertz CT molecular complexity index is 721. The highest BCUT2D eigenvalue weighted by Gasteiger charge is 2.24. The molecule has 0 unspecified atom stereocenters. The van der Waals surface area contributed by atoms with Gasteiger partial charge in [-0.3, -0.25) is 0 Å². The van der Waals surface area contributed by atoms with Crippen LogP contribution in [0.25, 0.3) is 0 Å². The fraction of sp³-hybridized carbons (Fsp3) is 0.294. The van der Waals surface area contributed by atoms with E-state index in [1.54, 1.807) is 35.1 Å². The number of aromatic nitrogens is 1. The van der Waals surface area contributed by atoms with Crippen molar-refractivity contribution in [3.05, 3.63) is 63.6 Å². The first kappa shape index (κ1) is 17.4. The largest absolute Gasteiger partial charge is 0.454 e. The zero-order chi connectivity index (χ0) is 16.8. The molecular formula is C17H19NO3S2. The Balaban J connectivity index is 2.09. The second-order valence-electron chi connectivity index (χ2n) is 5.08. The summed E-state index contributed by atoms with van der Waals surface area (Å²) < 4.78 is 7.81. The van der Waals surface area contributed by atoms with Crippen LogP contribution >= 0.6 is 23.6 Å². The number of rotatable bonds is 7. The van der Waals surface area contributed by atoms with Gasteiger partial charge in [0.2, 0.25) is 0 Å². The molecule has 0 aliphatic rings. The number of thiazole rings is 1. The lowest BCUT2D eigenvalue weighted by Crippen LogP contribution is -2.37. The van der Waals surface area contributed by atoms with E-state index in [1.807, 2.05) is 25.3 Å². The average Bonchev–Trinajstić information content (AvgIpc) is 2.87. The number of aryl methyl sites for hydroxylation is 1. The summed E-state index contributed by atoms with van der Waals surface area (Å²) >= 11 is 6.67. The molecule has 2 aromatic rings. The van der Waals surface area contributed by atoms with Gasteiger partial charge in [-0.25, -0.2) is 4.79 Å². The van der Waals surface area contributed by atoms with Crippen molar-refractivity contribution in [2.75, 3.05) is 0 Å². The van der Waals surface area contributed by atoms with Gasteiger partial charge in [0.15, 0.2) is 10.1 Å². The maximum Gasteiger partial charge on any atom is 0.338 e. The van der Waals surface area contributed by atoms with Crippen LogP contribution in [0, 0.1) is 10.9 Å². The molecule has 23 heavy (non-hydrogen) atoms. The number of nitrogens with zero attached hydrogens (tertiary/aromatic N) is 1. The predicted octanol–water partition coefficient (Wildman–Crippen LogP) is 4.21. The van der Waals surface area contributed by atoms with Crippen LogP contribution in [0.4, 0.5) is 0 Å². The van der Waals surface area contributed by atoms with Gasteiger partial charge in [0.25, 0.3) is 0 Å². The summed E-state index contributed by atoms with van der Waals surface area (Å²) in [5, 5.41) is 1.92. The molecule has 0 aliphatic carbocycles. The Morgan fingerprint density at radius 3 is 2.70 bits per heavy atom. The molecule has 0 amide bonds. The van der Waals surface area contributed by atoms with Crippen molar-refractivity contribution in [3.8, 4) is 0 Å². The van der Waals surface area contributed by atoms with Crippen LogP contribution in [0.15, 0.2) is 48.4 Å². The van der Waals surface area contributed by atoms with E-state index in [0.717, 1.165) is 5.69 Å². The van der Waals surface area contributed by atoms with Gasteiger partial charge in [0, 0.05) is 11.8 Å². The number of esters is 1. The van der Waals surface area contributed by atoms with E-state index in [1.165, 1.54) is 11.3 Å². The molecule has 6 heteroatoms. The van der Waals surface area contributed by atoms with Gasteiger partial charge in [0.05, 0.1) is 11.3 Å². The molecule has 0 saturated heterocycles. The zero-order valence-corrected chi connectivity index (χ0v) is 14.7. The number of ether oxygens (including phenoxy) is 1. The van der Waals surface area contributed by atoms with Crippen molar-refractivity contribution in [1.29, 1.82) is 0 Å². The standard InChI is InChI=1S/C17H19NO3S2/c1-4-8-15(20-16(19)14-9-6-5-7-10-14)13(3)21-18-12(2)11-23-17(18)22/h4-7,9-11,13,15H,1,8H2,2-3H3/t13-,15+/m0/s1. The number of carbonyl (C=O) groups is 1. The first-order valence-corrected chi connectivity index (χ1v) is 8.53. The van der Waals surface area contributed by atoms with Gasteiger partial charge >= 0.3 is 5.97 Å². The van der Waals surface area contributed by atoms with E-state index < -0.39 is 6.10 Å². The summed E-state index contributed by atoms with van der Waals surface area (Å²) in [6.45, 7) is 7.49. The molecule has 2 atom stereocenters. The molecule has 2 rings (SSSR count). The summed E-state index contributed by atoms with van der Waals surface area (Å²) in [4.78, 5) is 18.1. The smallest absolute Gasteiger partial charge is 0.338 e. The van der Waals surface area contributed by atoms with Crippen molar-refractivity contribution in [1.82, 2.24) is 4.73 Å². The van der Waals surface area contributed by atoms with Gasteiger partial charge in [-0.05, 0) is 38.2 Å². The lowest BCUT2D eigenvalue weighted by Gasteiger charge is -2.24. The summed E-state index contributed by atoms with van der Waals surface area (Å²) in [6.07, 6.45) is 1.40. The zero-order valence-electron chi connectivity index (χ0n) is 13.1. The third-order valence-corrected chi connectivity index (χ3v) is 4.56. The molecule has 0 fully saturated rings. The Labute approximate surface area is 144 Å². The lowest BCUT2D eigenvalue weighted by atomic mass is 10.1. The van der Waals surface area contributed by atoms with Crippen LogP contribution in [0.1, 0.15) is 29.4 Å². The quantitative estimate of drug-likeness (QED) is 0.427. The van der Waals surface area contributed by atoms with E-state index in [2.05, 4.69) is 6.58 Å². The predicted molar refractivity (Wildman–Crippen MR) is 94.4 cm³/mol. The van der Waals surface area contributed by atoms with Gasteiger partial charge in [-0.1, -0.05) is 24.3 Å². The maximum atomic E-state index is 12.2. The SMILES string of the molecule is C=CC[C@@H](OC(=O)c1ccccc1)[C@H](C)On1c(C)csc1=S. The van der Waals surface area contributed by atoms with Crippen LogP contribution in [0.5, 0.6) is 0 Å². The number of benzene rings is 1. The van der Waals surface area contributed by atoms with E-state index in [9.17, 15) is 4.79 Å². The van der Waals surface area contributed by atoms with E-state index in [-0.39, 0.29) is 12.1 Å². The van der Waals surface area contributed by atoms with Crippen LogP contribution in [-0.2, 0) is 4.74 Å². The molecule has 1 aromatic heterocycles. The normalized spacial score (nSPS) is 13.1. The minimum absolute atomic E-state index is 0.360. The fourth-order valence-corrected chi connectivity index (χ4v) is 3.00. The molecule has 122 valence electrons. The molecule has 1 heterocycles. The van der Waals surface area contributed by atoms with E-state index >= 15 is 0 Å². The minimum Gasteiger partial charge on any atom is -0.454 e. The number of hydrogen-bond acceptors (Lipinski definition) is 5. The van der Waals surface area contributed by atoms with Crippen LogP contribution in [0.2, 0.25) is 0 Å². The molecule has 0 spiro atoms. The van der Waals surface area contributed by atoms with Crippen LogP contribution < -0.4 is 4.84 Å². The third kappa shape index (κ3) is 4.53. The molecular weight excluding hydrogens is 330 g/mol. The maximum absolute atomic E-state index is 12.2. The highest BCUT2D eigenvalue weighted by Crippen LogP contribution is 2.14. The fourth-order valence-electron chi connectivity index (χ4n) is 2.02. The molecule has 0 N–H and O–H groups in total. The molecule has 0 saturated carbocycles. The van der Waals surface area contributed by atoms with Gasteiger partial charge in [-0.15, -0.1) is 17.9 Å². The monoisotopic (exact) mass is 349 g/mol. The third-order valence-electron chi connectivity index (χ3n) is 3.28. The summed E-state index contributed by atoms with van der Waals surface area (Å²) in [5.74, 6) is -0.376. The number of carbonyl (C=O) groups excluding carboxylic acids is 1. The average molecular weight is 349 g/mol. The Morgan fingerprint density at radius 1 is 1.43 bits per heavy atom. The number of hydrogen-bond donors (Lipinski definition) is 0. The Morgan fingerprint density at radius 2 is 2.13 bits per heavy atom. The highest BCUT2D eigenvalue weighted by atomic mass is 32.1. The van der Waals surface area contributed by atoms with Gasteiger partial charge in [-0.2, -0.15) is 4.73 Å². The molecule has 0 radical (unpaired) electrons. The van der Waals surface area contributed by atoms with Gasteiger partial charge in [0.1, 0.15) is 6.10 Å². The second-order valence-corrected chi connectivity index (χ2v) is 6.59. The van der Waals surface area contributed by atoms with Crippen molar-refractivity contribution < 1.29 is 14.4 Å². The first-order chi connectivity index (χ1) is 11.0. The highest BCUT2D eigenvalue weighted by molar-refractivity contribution is 7.73. The minimum atomic E-state index is -0.443. The second kappa shape index (κ2) is 8.08. The molecule has 1 aromatic carbocycles. The van der Waals surface area contributed by atoms with E-state index in [0.29, 0.717) is 15.9 Å². The van der Waals surface area contributed by atoms with Crippen molar-refractivity contribution >= 4 is 29.5 Å². The molecule has 0 bridgehead atoms. The van der Waals surface area contributed by atoms with Gasteiger partial charge < -0.3 is 9.57 Å². The van der Waals surface area contributed by atoms with Crippen LogP contribution in [0.3, 0.4) is 0 Å². The van der Waals surface area contributed by atoms with Crippen LogP contribution in [-0.4, -0.2) is 22.9 Å². The van der Waals surface area contributed by atoms with Crippen molar-refractivity contribution in [3.63, 3.8) is 0 Å². The Kier molecular flexibility index (Phi) is 6.12. The first-order valence-electron chi connectivity index (χ1n) is 7.24. The summed E-state index contributed by atoms with van der Waals surface area (Å²) in [7, 11) is 0. The molecule has 0 aliphatic heterocycles.